The molecule has 1 rings (SSSR count). The minimum Gasteiger partial charge on any atom is -0.316 e. The number of benzene rings is 1. The molecule has 0 aliphatic carbocycles. The predicted octanol–water partition coefficient (Wildman–Crippen LogP) is 3.25. The Morgan fingerprint density at radius 2 is 1.73 bits per heavy atom. The van der Waals surface area contributed by atoms with E-state index >= 15 is 0 Å². The molecule has 0 spiro atoms. The Morgan fingerprint density at radius 3 is 2.20 bits per heavy atom. The van der Waals surface area contributed by atoms with E-state index in [9.17, 15) is 0 Å². The summed E-state index contributed by atoms with van der Waals surface area (Å²) in [5, 5.41) is 3.41. The van der Waals surface area contributed by atoms with E-state index in [1.165, 1.54) is 12.0 Å². The quantitative estimate of drug-likeness (QED) is 0.795. The molecule has 0 fully saturated rings. The van der Waals surface area contributed by atoms with Crippen LogP contribution in [0.2, 0.25) is 0 Å². The lowest BCUT2D eigenvalue weighted by Gasteiger charge is -2.30. The van der Waals surface area contributed by atoms with Crippen molar-refractivity contribution in [1.29, 1.82) is 0 Å². The van der Waals surface area contributed by atoms with Gasteiger partial charge in [-0.25, -0.2) is 0 Å². The van der Waals surface area contributed by atoms with Crippen molar-refractivity contribution in [2.45, 2.75) is 39.7 Å². The molecule has 1 nitrogen and oxygen atoms in total. The average Bonchev–Trinajstić information content (AvgIpc) is 2.18. The summed E-state index contributed by atoms with van der Waals surface area (Å²) in [4.78, 5) is 0. The van der Waals surface area contributed by atoms with Gasteiger partial charge in [-0.05, 0) is 30.9 Å². The predicted molar refractivity (Wildman–Crippen MR) is 67.1 cm³/mol. The van der Waals surface area contributed by atoms with Crippen molar-refractivity contribution in [3.63, 3.8) is 0 Å². The van der Waals surface area contributed by atoms with Gasteiger partial charge in [0.2, 0.25) is 0 Å². The van der Waals surface area contributed by atoms with Crippen LogP contribution in [0.3, 0.4) is 0 Å². The van der Waals surface area contributed by atoms with Crippen LogP contribution in [0.25, 0.3) is 0 Å². The SMILES string of the molecule is CNC(CCc1ccccc1)C(C)(C)C. The van der Waals surface area contributed by atoms with Crippen LogP contribution in [0, 0.1) is 5.41 Å². The molecule has 0 saturated carbocycles. The van der Waals surface area contributed by atoms with Crippen molar-refractivity contribution < 1.29 is 0 Å². The zero-order valence-electron chi connectivity index (χ0n) is 10.4. The second-order valence-electron chi connectivity index (χ2n) is 5.23. The topological polar surface area (TPSA) is 12.0 Å². The normalized spacial score (nSPS) is 13.9. The Hall–Kier alpha value is -0.820. The average molecular weight is 205 g/mol. The monoisotopic (exact) mass is 205 g/mol. The highest BCUT2D eigenvalue weighted by atomic mass is 14.9. The van der Waals surface area contributed by atoms with Gasteiger partial charge < -0.3 is 5.32 Å². The van der Waals surface area contributed by atoms with Crippen LogP contribution in [-0.4, -0.2) is 13.1 Å². The third kappa shape index (κ3) is 4.05. The van der Waals surface area contributed by atoms with Crippen molar-refractivity contribution in [2.24, 2.45) is 5.41 Å². The van der Waals surface area contributed by atoms with Gasteiger partial charge in [-0.3, -0.25) is 0 Å². The molecule has 0 heterocycles. The fraction of sp³-hybridized carbons (Fsp3) is 0.571. The first-order chi connectivity index (χ1) is 7.04. The molecule has 1 heteroatoms. The zero-order chi connectivity index (χ0) is 11.3. The van der Waals surface area contributed by atoms with E-state index in [4.69, 9.17) is 0 Å². The van der Waals surface area contributed by atoms with Crippen LogP contribution in [0.5, 0.6) is 0 Å². The number of nitrogens with one attached hydrogen (secondary N) is 1. The molecular weight excluding hydrogens is 182 g/mol. The summed E-state index contributed by atoms with van der Waals surface area (Å²) in [7, 11) is 2.06. The molecule has 0 saturated heterocycles. The highest BCUT2D eigenvalue weighted by Crippen LogP contribution is 2.22. The van der Waals surface area contributed by atoms with E-state index in [0.717, 1.165) is 6.42 Å². The molecule has 15 heavy (non-hydrogen) atoms. The second-order valence-corrected chi connectivity index (χ2v) is 5.23. The van der Waals surface area contributed by atoms with Gasteiger partial charge in [0, 0.05) is 6.04 Å². The number of hydrogen-bond acceptors (Lipinski definition) is 1. The van der Waals surface area contributed by atoms with Crippen LogP contribution in [0.15, 0.2) is 30.3 Å². The molecule has 1 aromatic carbocycles. The van der Waals surface area contributed by atoms with E-state index < -0.39 is 0 Å². The first kappa shape index (κ1) is 12.3. The largest absolute Gasteiger partial charge is 0.316 e. The summed E-state index contributed by atoms with van der Waals surface area (Å²) < 4.78 is 0. The van der Waals surface area contributed by atoms with Gasteiger partial charge in [-0.15, -0.1) is 0 Å². The number of aryl methyl sites for hydroxylation is 1. The van der Waals surface area contributed by atoms with Gasteiger partial charge >= 0.3 is 0 Å². The third-order valence-electron chi connectivity index (χ3n) is 2.96. The van der Waals surface area contributed by atoms with Gasteiger partial charge in [0.05, 0.1) is 0 Å². The summed E-state index contributed by atoms with van der Waals surface area (Å²) >= 11 is 0. The fourth-order valence-electron chi connectivity index (χ4n) is 1.97. The Kier molecular flexibility index (Phi) is 4.34. The van der Waals surface area contributed by atoms with Crippen molar-refractivity contribution in [3.8, 4) is 0 Å². The van der Waals surface area contributed by atoms with E-state index in [2.05, 4.69) is 63.5 Å². The van der Waals surface area contributed by atoms with Gasteiger partial charge in [0.25, 0.3) is 0 Å². The summed E-state index contributed by atoms with van der Waals surface area (Å²) in [5.41, 5.74) is 1.77. The highest BCUT2D eigenvalue weighted by molar-refractivity contribution is 5.14. The maximum Gasteiger partial charge on any atom is 0.0116 e. The minimum absolute atomic E-state index is 0.337. The van der Waals surface area contributed by atoms with E-state index in [0.29, 0.717) is 11.5 Å². The first-order valence-corrected chi connectivity index (χ1v) is 5.75. The molecule has 0 bridgehead atoms. The minimum atomic E-state index is 0.337. The van der Waals surface area contributed by atoms with E-state index in [1.54, 1.807) is 0 Å². The second kappa shape index (κ2) is 5.32. The van der Waals surface area contributed by atoms with Crippen LogP contribution in [0.1, 0.15) is 32.8 Å². The lowest BCUT2D eigenvalue weighted by Crippen LogP contribution is -2.38. The Labute approximate surface area is 93.9 Å². The van der Waals surface area contributed by atoms with Crippen molar-refractivity contribution in [3.05, 3.63) is 35.9 Å². The summed E-state index contributed by atoms with van der Waals surface area (Å²) in [6, 6.07) is 11.3. The third-order valence-corrected chi connectivity index (χ3v) is 2.96. The molecule has 0 radical (unpaired) electrons. The maximum absolute atomic E-state index is 3.41. The molecule has 0 amide bonds. The first-order valence-electron chi connectivity index (χ1n) is 5.75. The van der Waals surface area contributed by atoms with E-state index in [1.807, 2.05) is 0 Å². The standard InChI is InChI=1S/C14H23N/c1-14(2,3)13(15-4)11-10-12-8-6-5-7-9-12/h5-9,13,15H,10-11H2,1-4H3. The lowest BCUT2D eigenvalue weighted by molar-refractivity contribution is 0.268. The van der Waals surface area contributed by atoms with E-state index in [-0.39, 0.29) is 0 Å². The molecule has 0 aromatic heterocycles. The molecular formula is C14H23N. The Morgan fingerprint density at radius 1 is 1.13 bits per heavy atom. The van der Waals surface area contributed by atoms with Gasteiger partial charge in [0.1, 0.15) is 0 Å². The molecule has 1 aromatic rings. The summed E-state index contributed by atoms with van der Waals surface area (Å²) in [6.07, 6.45) is 2.35. The molecule has 84 valence electrons. The number of rotatable bonds is 4. The van der Waals surface area contributed by atoms with Crippen LogP contribution < -0.4 is 5.32 Å². The van der Waals surface area contributed by atoms with Crippen LogP contribution >= 0.6 is 0 Å². The Balaban J connectivity index is 2.49. The fourth-order valence-corrected chi connectivity index (χ4v) is 1.97. The molecule has 0 aliphatic rings. The van der Waals surface area contributed by atoms with Crippen LogP contribution in [-0.2, 0) is 6.42 Å². The van der Waals surface area contributed by atoms with Gasteiger partial charge in [-0.2, -0.15) is 0 Å². The van der Waals surface area contributed by atoms with Crippen molar-refractivity contribution in [1.82, 2.24) is 5.32 Å². The van der Waals surface area contributed by atoms with Crippen molar-refractivity contribution >= 4 is 0 Å². The molecule has 1 N–H and O–H groups in total. The lowest BCUT2D eigenvalue weighted by atomic mass is 9.83. The zero-order valence-corrected chi connectivity index (χ0v) is 10.4. The maximum atomic E-state index is 3.41. The van der Waals surface area contributed by atoms with Gasteiger partial charge in [-0.1, -0.05) is 51.1 Å². The smallest absolute Gasteiger partial charge is 0.0116 e. The Bertz CT molecular complexity index is 271. The molecule has 1 unspecified atom stereocenters. The molecule has 1 atom stereocenters. The van der Waals surface area contributed by atoms with Crippen molar-refractivity contribution in [2.75, 3.05) is 7.05 Å². The highest BCUT2D eigenvalue weighted by Gasteiger charge is 2.22. The summed E-state index contributed by atoms with van der Waals surface area (Å²) in [5.74, 6) is 0. The number of hydrogen-bond donors (Lipinski definition) is 1. The van der Waals surface area contributed by atoms with Crippen LogP contribution in [0.4, 0.5) is 0 Å². The van der Waals surface area contributed by atoms with Gasteiger partial charge in [0.15, 0.2) is 0 Å². The molecule has 0 aliphatic heterocycles. The summed E-state index contributed by atoms with van der Waals surface area (Å²) in [6.45, 7) is 6.87.